The predicted octanol–water partition coefficient (Wildman–Crippen LogP) is 1.71. The molecule has 2 aromatic rings. The van der Waals surface area contributed by atoms with Crippen molar-refractivity contribution in [3.05, 3.63) is 35.7 Å². The highest BCUT2D eigenvalue weighted by atomic mass is 32.2. The summed E-state index contributed by atoms with van der Waals surface area (Å²) in [5, 5.41) is 3.36. The van der Waals surface area contributed by atoms with Crippen LogP contribution >= 0.6 is 0 Å². The zero-order valence-corrected chi connectivity index (χ0v) is 10.5. The number of hydrogen-bond acceptors (Lipinski definition) is 5. The predicted molar refractivity (Wildman–Crippen MR) is 60.8 cm³/mol. The van der Waals surface area contributed by atoms with Crippen molar-refractivity contribution < 1.29 is 21.7 Å². The number of aryl methyl sites for hydroxylation is 1. The molecule has 1 N–H and O–H groups in total. The molecule has 0 unspecified atom stereocenters. The van der Waals surface area contributed by atoms with Gasteiger partial charge in [-0.2, -0.15) is 4.98 Å². The van der Waals surface area contributed by atoms with Crippen LogP contribution in [0.1, 0.15) is 12.8 Å². The normalized spacial score (nSPS) is 11.5. The Balaban J connectivity index is 2.34. The summed E-state index contributed by atoms with van der Waals surface area (Å²) in [7, 11) is -4.31. The lowest BCUT2D eigenvalue weighted by Gasteiger charge is -2.05. The van der Waals surface area contributed by atoms with E-state index in [9.17, 15) is 17.2 Å². The first kappa shape index (κ1) is 13.4. The van der Waals surface area contributed by atoms with Gasteiger partial charge in [-0.25, -0.2) is 21.9 Å². The van der Waals surface area contributed by atoms with Crippen molar-refractivity contribution in [2.24, 2.45) is 0 Å². The third-order valence-corrected chi connectivity index (χ3v) is 3.52. The van der Waals surface area contributed by atoms with Gasteiger partial charge in [0.05, 0.1) is 0 Å². The minimum absolute atomic E-state index is 0.220. The Morgan fingerprint density at radius 2 is 2.11 bits per heavy atom. The molecule has 0 amide bonds. The third kappa shape index (κ3) is 2.87. The summed E-state index contributed by atoms with van der Waals surface area (Å²) in [6, 6.07) is 2.11. The number of aromatic nitrogens is 2. The maximum absolute atomic E-state index is 13.4. The minimum atomic E-state index is -4.31. The van der Waals surface area contributed by atoms with E-state index in [1.165, 1.54) is 0 Å². The first-order chi connectivity index (χ1) is 8.92. The second-order valence-corrected chi connectivity index (χ2v) is 5.20. The number of nitrogens with zero attached hydrogens (tertiary/aromatic N) is 2. The first-order valence-electron chi connectivity index (χ1n) is 5.23. The molecule has 0 saturated carbocycles. The van der Waals surface area contributed by atoms with E-state index >= 15 is 0 Å². The van der Waals surface area contributed by atoms with Gasteiger partial charge in [-0.1, -0.05) is 6.92 Å². The standard InChI is InChI=1S/C10H9F2N3O3S/c1-2-9-13-10(14-18-9)15-19(16,17)8-5-6(11)3-4-7(8)12/h3-5H,2H2,1H3,(H,14,15). The van der Waals surface area contributed by atoms with E-state index in [0.29, 0.717) is 12.5 Å². The van der Waals surface area contributed by atoms with Gasteiger partial charge in [0.2, 0.25) is 5.89 Å². The first-order valence-corrected chi connectivity index (χ1v) is 6.71. The van der Waals surface area contributed by atoms with Gasteiger partial charge in [-0.05, 0) is 23.4 Å². The Morgan fingerprint density at radius 1 is 1.37 bits per heavy atom. The van der Waals surface area contributed by atoms with E-state index in [-0.39, 0.29) is 11.8 Å². The number of nitrogens with one attached hydrogen (secondary N) is 1. The Kier molecular flexibility index (Phi) is 3.47. The number of halogens is 2. The summed E-state index contributed by atoms with van der Waals surface area (Å²) in [4.78, 5) is 2.88. The van der Waals surface area contributed by atoms with Crippen molar-refractivity contribution in [3.8, 4) is 0 Å². The Bertz CT molecular complexity index is 700. The van der Waals surface area contributed by atoms with Gasteiger partial charge >= 0.3 is 0 Å². The van der Waals surface area contributed by atoms with Gasteiger partial charge in [0.25, 0.3) is 16.0 Å². The fourth-order valence-corrected chi connectivity index (χ4v) is 2.32. The molecule has 0 aliphatic heterocycles. The second kappa shape index (κ2) is 4.92. The summed E-state index contributed by atoms with van der Waals surface area (Å²) >= 11 is 0. The van der Waals surface area contributed by atoms with Crippen molar-refractivity contribution in [3.63, 3.8) is 0 Å². The smallest absolute Gasteiger partial charge is 0.277 e. The quantitative estimate of drug-likeness (QED) is 0.926. The van der Waals surface area contributed by atoms with Crippen molar-refractivity contribution in [1.29, 1.82) is 0 Å². The molecule has 102 valence electrons. The molecular weight excluding hydrogens is 280 g/mol. The lowest BCUT2D eigenvalue weighted by Crippen LogP contribution is -2.15. The zero-order valence-electron chi connectivity index (χ0n) is 9.72. The van der Waals surface area contributed by atoms with E-state index < -0.39 is 26.6 Å². The molecule has 1 aromatic carbocycles. The summed E-state index contributed by atoms with van der Waals surface area (Å²) in [6.07, 6.45) is 0.420. The second-order valence-electron chi connectivity index (χ2n) is 3.55. The molecule has 1 heterocycles. The van der Waals surface area contributed by atoms with Gasteiger partial charge in [-0.3, -0.25) is 0 Å². The minimum Gasteiger partial charge on any atom is -0.337 e. The molecule has 19 heavy (non-hydrogen) atoms. The highest BCUT2D eigenvalue weighted by Crippen LogP contribution is 2.18. The van der Waals surface area contributed by atoms with Crippen LogP contribution < -0.4 is 4.72 Å². The van der Waals surface area contributed by atoms with Crippen LogP contribution in [0.25, 0.3) is 0 Å². The molecule has 0 aliphatic carbocycles. The van der Waals surface area contributed by atoms with Crippen molar-refractivity contribution in [2.75, 3.05) is 4.72 Å². The average molecular weight is 289 g/mol. The van der Waals surface area contributed by atoms with Crippen LogP contribution in [0.3, 0.4) is 0 Å². The molecule has 0 fully saturated rings. The van der Waals surface area contributed by atoms with Crippen LogP contribution in [0.15, 0.2) is 27.6 Å². The Morgan fingerprint density at radius 3 is 2.74 bits per heavy atom. The molecule has 0 radical (unpaired) electrons. The fourth-order valence-electron chi connectivity index (χ4n) is 1.30. The van der Waals surface area contributed by atoms with E-state index in [2.05, 4.69) is 10.1 Å². The van der Waals surface area contributed by atoms with Crippen LogP contribution in [0.5, 0.6) is 0 Å². The molecule has 1 aromatic heterocycles. The molecule has 9 heteroatoms. The maximum atomic E-state index is 13.4. The van der Waals surface area contributed by atoms with Crippen LogP contribution in [0.4, 0.5) is 14.7 Å². The molecule has 0 spiro atoms. The van der Waals surface area contributed by atoms with Crippen molar-refractivity contribution in [1.82, 2.24) is 10.1 Å². The number of benzene rings is 1. The molecular formula is C10H9F2N3O3S. The van der Waals surface area contributed by atoms with Crippen LogP contribution in [-0.2, 0) is 16.4 Å². The molecule has 0 aliphatic rings. The van der Waals surface area contributed by atoms with Gasteiger partial charge in [-0.15, -0.1) is 0 Å². The van der Waals surface area contributed by atoms with E-state index in [4.69, 9.17) is 4.52 Å². The van der Waals surface area contributed by atoms with Crippen LogP contribution in [-0.4, -0.2) is 18.6 Å². The zero-order chi connectivity index (χ0) is 14.0. The highest BCUT2D eigenvalue weighted by Gasteiger charge is 2.22. The number of anilines is 1. The van der Waals surface area contributed by atoms with Crippen LogP contribution in [0, 0.1) is 11.6 Å². The Labute approximate surface area is 107 Å². The van der Waals surface area contributed by atoms with Gasteiger partial charge in [0, 0.05) is 6.42 Å². The fraction of sp³-hybridized carbons (Fsp3) is 0.200. The van der Waals surface area contributed by atoms with Gasteiger partial charge in [0.1, 0.15) is 16.5 Å². The van der Waals surface area contributed by atoms with Gasteiger partial charge < -0.3 is 4.52 Å². The number of rotatable bonds is 4. The lowest BCUT2D eigenvalue weighted by molar-refractivity contribution is 0.383. The number of hydrogen-bond donors (Lipinski definition) is 1. The SMILES string of the molecule is CCc1nc(NS(=O)(=O)c2cc(F)ccc2F)no1. The van der Waals surface area contributed by atoms with Crippen molar-refractivity contribution in [2.45, 2.75) is 18.2 Å². The summed E-state index contributed by atoms with van der Waals surface area (Å²) in [5.74, 6) is -2.06. The summed E-state index contributed by atoms with van der Waals surface area (Å²) in [5.41, 5.74) is 0. The largest absolute Gasteiger partial charge is 0.337 e. The lowest BCUT2D eigenvalue weighted by atomic mass is 10.3. The van der Waals surface area contributed by atoms with E-state index in [1.54, 1.807) is 6.92 Å². The molecule has 0 saturated heterocycles. The average Bonchev–Trinajstić information content (AvgIpc) is 2.79. The van der Waals surface area contributed by atoms with E-state index in [1.807, 2.05) is 4.72 Å². The maximum Gasteiger partial charge on any atom is 0.277 e. The summed E-state index contributed by atoms with van der Waals surface area (Å²) in [6.45, 7) is 1.73. The molecule has 2 rings (SSSR count). The third-order valence-electron chi connectivity index (χ3n) is 2.18. The summed E-state index contributed by atoms with van der Waals surface area (Å²) < 4.78 is 56.6. The van der Waals surface area contributed by atoms with E-state index in [0.717, 1.165) is 12.1 Å². The van der Waals surface area contributed by atoms with Gasteiger partial charge in [0.15, 0.2) is 0 Å². The van der Waals surface area contributed by atoms with Crippen LogP contribution in [0.2, 0.25) is 0 Å². The van der Waals surface area contributed by atoms with Crippen molar-refractivity contribution >= 4 is 16.0 Å². The highest BCUT2D eigenvalue weighted by molar-refractivity contribution is 7.92. The topological polar surface area (TPSA) is 85.1 Å². The Hall–Kier alpha value is -2.03. The molecule has 0 atom stereocenters. The number of sulfonamides is 1. The monoisotopic (exact) mass is 289 g/mol. The molecule has 6 nitrogen and oxygen atoms in total. The molecule has 0 bridgehead atoms.